The van der Waals surface area contributed by atoms with E-state index < -0.39 is 0 Å². The van der Waals surface area contributed by atoms with E-state index in [0.717, 1.165) is 12.0 Å². The van der Waals surface area contributed by atoms with Gasteiger partial charge in [-0.15, -0.1) is 0 Å². The second kappa shape index (κ2) is 3.70. The minimum atomic E-state index is -0.0685. The number of carbonyl (C=O) groups excluding carboxylic acids is 1. The molecule has 0 spiro atoms. The standard InChI is InChI=1S/C13H10ClNO2/c1-7-15-12-11(17-7)5-2-8-6-9(14)3-4-10(8)13(12)16/h3-4,6H,2,5H2,1H3. The van der Waals surface area contributed by atoms with Crippen LogP contribution in [0.1, 0.15) is 33.3 Å². The van der Waals surface area contributed by atoms with E-state index in [1.54, 1.807) is 19.1 Å². The van der Waals surface area contributed by atoms with Gasteiger partial charge in [0.1, 0.15) is 5.76 Å². The Morgan fingerprint density at radius 2 is 2.18 bits per heavy atom. The molecule has 1 aromatic carbocycles. The number of aryl methyl sites for hydroxylation is 3. The SMILES string of the molecule is Cc1nc2c(o1)CCc1cc(Cl)ccc1C2=O. The number of oxazole rings is 1. The first-order valence-corrected chi connectivity index (χ1v) is 5.82. The zero-order chi connectivity index (χ0) is 12.0. The molecule has 0 unspecified atom stereocenters. The molecule has 0 N–H and O–H groups in total. The Balaban J connectivity index is 2.19. The fourth-order valence-electron chi connectivity index (χ4n) is 2.18. The van der Waals surface area contributed by atoms with Crippen LogP contribution in [0.25, 0.3) is 0 Å². The Labute approximate surface area is 103 Å². The molecule has 3 nitrogen and oxygen atoms in total. The number of hydrogen-bond acceptors (Lipinski definition) is 3. The van der Waals surface area contributed by atoms with Gasteiger partial charge < -0.3 is 4.42 Å². The van der Waals surface area contributed by atoms with Gasteiger partial charge in [0.25, 0.3) is 0 Å². The summed E-state index contributed by atoms with van der Waals surface area (Å²) in [6.45, 7) is 1.75. The Morgan fingerprint density at radius 3 is 3.00 bits per heavy atom. The van der Waals surface area contributed by atoms with Gasteiger partial charge in [-0.05, 0) is 30.2 Å². The van der Waals surface area contributed by atoms with Crippen molar-refractivity contribution in [2.45, 2.75) is 19.8 Å². The van der Waals surface area contributed by atoms with Crippen molar-refractivity contribution in [2.75, 3.05) is 0 Å². The van der Waals surface area contributed by atoms with Crippen LogP contribution in [0.5, 0.6) is 0 Å². The first-order chi connectivity index (χ1) is 8.15. The van der Waals surface area contributed by atoms with Crippen LogP contribution in [0.4, 0.5) is 0 Å². The lowest BCUT2D eigenvalue weighted by Gasteiger charge is -2.03. The van der Waals surface area contributed by atoms with E-state index >= 15 is 0 Å². The van der Waals surface area contributed by atoms with Gasteiger partial charge >= 0.3 is 0 Å². The number of hydrogen-bond donors (Lipinski definition) is 0. The summed E-state index contributed by atoms with van der Waals surface area (Å²) in [4.78, 5) is 16.5. The normalized spacial score (nSPS) is 14.1. The third-order valence-corrected chi connectivity index (χ3v) is 3.19. The Bertz CT molecular complexity index is 616. The molecule has 1 aliphatic carbocycles. The molecule has 86 valence electrons. The first kappa shape index (κ1) is 10.5. The highest BCUT2D eigenvalue weighted by atomic mass is 35.5. The second-order valence-corrected chi connectivity index (χ2v) is 4.57. The predicted molar refractivity (Wildman–Crippen MR) is 63.5 cm³/mol. The van der Waals surface area contributed by atoms with Gasteiger partial charge in [0, 0.05) is 23.9 Å². The lowest BCUT2D eigenvalue weighted by Crippen LogP contribution is -2.04. The van der Waals surface area contributed by atoms with Crippen LogP contribution in [-0.4, -0.2) is 10.8 Å². The monoisotopic (exact) mass is 247 g/mol. The van der Waals surface area contributed by atoms with E-state index in [1.807, 2.05) is 6.07 Å². The van der Waals surface area contributed by atoms with Crippen molar-refractivity contribution in [2.24, 2.45) is 0 Å². The summed E-state index contributed by atoms with van der Waals surface area (Å²) in [6, 6.07) is 5.34. The van der Waals surface area contributed by atoms with E-state index in [4.69, 9.17) is 16.0 Å². The van der Waals surface area contributed by atoms with Gasteiger partial charge in [0.2, 0.25) is 5.78 Å². The lowest BCUT2D eigenvalue weighted by atomic mass is 10.0. The largest absolute Gasteiger partial charge is 0.445 e. The second-order valence-electron chi connectivity index (χ2n) is 4.14. The van der Waals surface area contributed by atoms with E-state index in [9.17, 15) is 4.79 Å². The van der Waals surface area contributed by atoms with Gasteiger partial charge in [0.05, 0.1) is 0 Å². The highest BCUT2D eigenvalue weighted by Crippen LogP contribution is 2.26. The number of rotatable bonds is 0. The van der Waals surface area contributed by atoms with Crippen molar-refractivity contribution in [3.05, 3.63) is 51.7 Å². The molecule has 1 aliphatic rings. The summed E-state index contributed by atoms with van der Waals surface area (Å²) in [7, 11) is 0. The highest BCUT2D eigenvalue weighted by molar-refractivity contribution is 6.30. The Kier molecular flexibility index (Phi) is 2.30. The molecule has 0 saturated heterocycles. The van der Waals surface area contributed by atoms with Gasteiger partial charge in [0.15, 0.2) is 11.6 Å². The molecule has 0 radical (unpaired) electrons. The number of fused-ring (bicyclic) bond motifs is 2. The van der Waals surface area contributed by atoms with Crippen molar-refractivity contribution in [3.8, 4) is 0 Å². The molecule has 0 saturated carbocycles. The molecular formula is C13H10ClNO2. The summed E-state index contributed by atoms with van der Waals surface area (Å²) in [5.74, 6) is 1.15. The first-order valence-electron chi connectivity index (χ1n) is 5.44. The summed E-state index contributed by atoms with van der Waals surface area (Å²) >= 11 is 5.94. The molecule has 1 heterocycles. The van der Waals surface area contributed by atoms with Crippen LogP contribution < -0.4 is 0 Å². The van der Waals surface area contributed by atoms with Crippen molar-refractivity contribution in [1.82, 2.24) is 4.98 Å². The van der Waals surface area contributed by atoms with Crippen LogP contribution in [0.2, 0.25) is 5.02 Å². The topological polar surface area (TPSA) is 43.1 Å². The van der Waals surface area contributed by atoms with Crippen molar-refractivity contribution < 1.29 is 9.21 Å². The molecule has 17 heavy (non-hydrogen) atoms. The molecule has 4 heteroatoms. The van der Waals surface area contributed by atoms with Gasteiger partial charge in [-0.1, -0.05) is 11.6 Å². The fourth-order valence-corrected chi connectivity index (χ4v) is 2.38. The van der Waals surface area contributed by atoms with Crippen LogP contribution in [0, 0.1) is 6.92 Å². The lowest BCUT2D eigenvalue weighted by molar-refractivity contribution is 0.103. The van der Waals surface area contributed by atoms with Gasteiger partial charge in [-0.25, -0.2) is 4.98 Å². The van der Waals surface area contributed by atoms with Crippen LogP contribution in [0.3, 0.4) is 0 Å². The van der Waals surface area contributed by atoms with Crippen molar-refractivity contribution in [1.29, 1.82) is 0 Å². The van der Waals surface area contributed by atoms with E-state index in [-0.39, 0.29) is 5.78 Å². The summed E-state index contributed by atoms with van der Waals surface area (Å²) in [5.41, 5.74) is 2.10. The Hall–Kier alpha value is -1.61. The number of aromatic nitrogens is 1. The van der Waals surface area contributed by atoms with E-state index in [1.165, 1.54) is 0 Å². The number of carbonyl (C=O) groups is 1. The molecular weight excluding hydrogens is 238 g/mol. The van der Waals surface area contributed by atoms with Gasteiger partial charge in [-0.3, -0.25) is 4.79 Å². The number of halogens is 1. The maximum atomic E-state index is 12.3. The zero-order valence-corrected chi connectivity index (χ0v) is 10.0. The fraction of sp³-hybridized carbons (Fsp3) is 0.231. The Morgan fingerprint density at radius 1 is 1.35 bits per heavy atom. The summed E-state index contributed by atoms with van der Waals surface area (Å²) in [6.07, 6.45) is 1.44. The zero-order valence-electron chi connectivity index (χ0n) is 9.29. The minimum absolute atomic E-state index is 0.0685. The predicted octanol–water partition coefficient (Wildman–Crippen LogP) is 2.97. The van der Waals surface area contributed by atoms with Crippen LogP contribution in [0.15, 0.2) is 22.6 Å². The maximum absolute atomic E-state index is 12.3. The number of nitrogens with zero attached hydrogens (tertiary/aromatic N) is 1. The van der Waals surface area contributed by atoms with E-state index in [0.29, 0.717) is 34.4 Å². The minimum Gasteiger partial charge on any atom is -0.445 e. The summed E-state index contributed by atoms with van der Waals surface area (Å²) in [5, 5.41) is 0.652. The van der Waals surface area contributed by atoms with Crippen LogP contribution >= 0.6 is 11.6 Å². The molecule has 0 fully saturated rings. The average molecular weight is 248 g/mol. The molecule has 1 aromatic heterocycles. The molecule has 2 aromatic rings. The maximum Gasteiger partial charge on any atom is 0.215 e. The number of ketones is 1. The molecule has 0 amide bonds. The molecule has 0 atom stereocenters. The third-order valence-electron chi connectivity index (χ3n) is 2.95. The summed E-state index contributed by atoms with van der Waals surface area (Å²) < 4.78 is 5.45. The quantitative estimate of drug-likeness (QED) is 0.719. The highest BCUT2D eigenvalue weighted by Gasteiger charge is 2.25. The third kappa shape index (κ3) is 1.67. The number of benzene rings is 1. The molecule has 3 rings (SSSR count). The van der Waals surface area contributed by atoms with Crippen molar-refractivity contribution >= 4 is 17.4 Å². The molecule has 0 aliphatic heterocycles. The smallest absolute Gasteiger partial charge is 0.215 e. The van der Waals surface area contributed by atoms with Crippen molar-refractivity contribution in [3.63, 3.8) is 0 Å². The average Bonchev–Trinajstić information content (AvgIpc) is 2.62. The molecule has 0 bridgehead atoms. The van der Waals surface area contributed by atoms with E-state index in [2.05, 4.69) is 4.98 Å². The van der Waals surface area contributed by atoms with Crippen LogP contribution in [-0.2, 0) is 12.8 Å². The van der Waals surface area contributed by atoms with Gasteiger partial charge in [-0.2, -0.15) is 0 Å².